The third-order valence-electron chi connectivity index (χ3n) is 8.06. The van der Waals surface area contributed by atoms with E-state index in [1.54, 1.807) is 7.11 Å². The van der Waals surface area contributed by atoms with Crippen molar-refractivity contribution in [2.45, 2.75) is 59.1 Å². The molecule has 1 aliphatic heterocycles. The second-order valence-corrected chi connectivity index (χ2v) is 10.3. The number of hydrogen-bond acceptors (Lipinski definition) is 4. The summed E-state index contributed by atoms with van der Waals surface area (Å²) in [6.45, 7) is 10.5. The monoisotopic (exact) mass is 415 g/mol. The van der Waals surface area contributed by atoms with Gasteiger partial charge in [-0.1, -0.05) is 39.8 Å². The van der Waals surface area contributed by atoms with Crippen molar-refractivity contribution in [1.29, 1.82) is 0 Å². The van der Waals surface area contributed by atoms with Crippen LogP contribution in [-0.2, 0) is 14.3 Å². The normalized spacial score (nSPS) is 34.1. The van der Waals surface area contributed by atoms with Crippen molar-refractivity contribution in [2.75, 3.05) is 26.9 Å². The molecule has 166 valence electrons. The molecule has 4 rings (SSSR count). The smallest absolute Gasteiger partial charge is 0.222 e. The Bertz CT molecular complexity index is 776. The van der Waals surface area contributed by atoms with Crippen molar-refractivity contribution in [3.63, 3.8) is 0 Å². The van der Waals surface area contributed by atoms with Gasteiger partial charge in [0.2, 0.25) is 5.91 Å². The Kier molecular flexibility index (Phi) is 5.88. The minimum Gasteiger partial charge on any atom is -0.491 e. The van der Waals surface area contributed by atoms with Gasteiger partial charge >= 0.3 is 0 Å². The van der Waals surface area contributed by atoms with Gasteiger partial charge in [0, 0.05) is 25.7 Å². The zero-order valence-corrected chi connectivity index (χ0v) is 19.1. The number of carbonyl (C=O) groups is 1. The summed E-state index contributed by atoms with van der Waals surface area (Å²) in [5.74, 6) is 2.08. The Morgan fingerprint density at radius 2 is 2.10 bits per heavy atom. The molecule has 1 spiro atoms. The lowest BCUT2D eigenvalue weighted by Gasteiger charge is -2.53. The van der Waals surface area contributed by atoms with E-state index in [1.165, 1.54) is 18.4 Å². The van der Waals surface area contributed by atoms with E-state index in [4.69, 9.17) is 14.2 Å². The van der Waals surface area contributed by atoms with Gasteiger partial charge in [0.15, 0.2) is 0 Å². The molecular weight excluding hydrogens is 378 g/mol. The highest BCUT2D eigenvalue weighted by Crippen LogP contribution is 2.70. The van der Waals surface area contributed by atoms with Crippen LogP contribution in [0.5, 0.6) is 5.75 Å². The quantitative estimate of drug-likeness (QED) is 0.672. The van der Waals surface area contributed by atoms with Gasteiger partial charge in [-0.2, -0.15) is 0 Å². The van der Waals surface area contributed by atoms with Crippen LogP contribution >= 0.6 is 0 Å². The van der Waals surface area contributed by atoms with Crippen LogP contribution in [0.2, 0.25) is 0 Å². The van der Waals surface area contributed by atoms with Gasteiger partial charge in [0.25, 0.3) is 0 Å². The third-order valence-corrected chi connectivity index (χ3v) is 8.06. The maximum Gasteiger partial charge on any atom is 0.222 e. The van der Waals surface area contributed by atoms with Crippen molar-refractivity contribution < 1.29 is 19.0 Å². The molecular formula is C25H37NO4. The van der Waals surface area contributed by atoms with Crippen LogP contribution in [0.3, 0.4) is 0 Å². The highest BCUT2D eigenvalue weighted by atomic mass is 16.5. The van der Waals surface area contributed by atoms with E-state index in [9.17, 15) is 4.79 Å². The summed E-state index contributed by atoms with van der Waals surface area (Å²) in [7, 11) is 1.68. The molecule has 1 heterocycles. The summed E-state index contributed by atoms with van der Waals surface area (Å²) >= 11 is 0. The van der Waals surface area contributed by atoms with Gasteiger partial charge in [-0.3, -0.25) is 4.79 Å². The molecule has 1 saturated heterocycles. The lowest BCUT2D eigenvalue weighted by atomic mass is 9.58. The number of methoxy groups -OCH3 is 1. The first-order chi connectivity index (χ1) is 14.3. The van der Waals surface area contributed by atoms with E-state index in [0.717, 1.165) is 18.8 Å². The Morgan fingerprint density at radius 3 is 2.83 bits per heavy atom. The maximum absolute atomic E-state index is 12.7. The van der Waals surface area contributed by atoms with E-state index >= 15 is 0 Å². The average Bonchev–Trinajstić information content (AvgIpc) is 3.20. The summed E-state index contributed by atoms with van der Waals surface area (Å²) < 4.78 is 17.3. The minimum atomic E-state index is 0.00587. The zero-order chi connectivity index (χ0) is 21.5. The molecule has 1 amide bonds. The van der Waals surface area contributed by atoms with Crippen molar-refractivity contribution in [1.82, 2.24) is 5.32 Å². The van der Waals surface area contributed by atoms with Crippen LogP contribution in [0.15, 0.2) is 24.3 Å². The van der Waals surface area contributed by atoms with Gasteiger partial charge in [0.05, 0.1) is 12.7 Å². The highest BCUT2D eigenvalue weighted by molar-refractivity contribution is 5.78. The Morgan fingerprint density at radius 1 is 1.30 bits per heavy atom. The van der Waals surface area contributed by atoms with E-state index in [0.29, 0.717) is 25.0 Å². The molecule has 2 saturated carbocycles. The molecule has 0 aromatic heterocycles. The molecule has 0 radical (unpaired) electrons. The van der Waals surface area contributed by atoms with Gasteiger partial charge in [0.1, 0.15) is 12.4 Å². The summed E-state index contributed by atoms with van der Waals surface area (Å²) in [6, 6.07) is 8.53. The molecule has 2 aliphatic carbocycles. The fourth-order valence-corrected chi connectivity index (χ4v) is 6.45. The number of amides is 1. The largest absolute Gasteiger partial charge is 0.491 e. The average molecular weight is 416 g/mol. The number of nitrogens with one attached hydrogen (secondary N) is 1. The van der Waals surface area contributed by atoms with Crippen molar-refractivity contribution in [2.24, 2.45) is 28.6 Å². The van der Waals surface area contributed by atoms with Gasteiger partial charge in [-0.05, 0) is 59.6 Å². The maximum atomic E-state index is 12.7. The minimum absolute atomic E-state index is 0.00587. The standard InChI is InChI=1S/C25H37NO4/c1-16(2)22(27)26-23-24(3,4)18-14-20-21(30-10-9-25(20,23)15-18)17-7-6-8-19(13-17)29-12-11-28-5/h6-8,13,16,18,20-21,23H,9-12,14-15H2,1-5H3,(H,26,27)/t18-,20-,21-,23-,25-/m1/s1. The van der Waals surface area contributed by atoms with Crippen LogP contribution in [0, 0.1) is 28.6 Å². The molecule has 1 aromatic carbocycles. The first-order valence-corrected chi connectivity index (χ1v) is 11.4. The van der Waals surface area contributed by atoms with Crippen LogP contribution in [0.1, 0.15) is 58.6 Å². The Hall–Kier alpha value is -1.59. The van der Waals surface area contributed by atoms with Crippen LogP contribution in [0.4, 0.5) is 0 Å². The van der Waals surface area contributed by atoms with Crippen LogP contribution < -0.4 is 10.1 Å². The van der Waals surface area contributed by atoms with Gasteiger partial charge in [-0.25, -0.2) is 0 Å². The zero-order valence-electron chi connectivity index (χ0n) is 19.1. The topological polar surface area (TPSA) is 56.8 Å². The lowest BCUT2D eigenvalue weighted by Crippen LogP contribution is -2.59. The van der Waals surface area contributed by atoms with E-state index in [2.05, 4.69) is 37.4 Å². The number of benzene rings is 1. The van der Waals surface area contributed by atoms with E-state index < -0.39 is 0 Å². The number of carbonyl (C=O) groups excluding carboxylic acids is 1. The fourth-order valence-electron chi connectivity index (χ4n) is 6.45. The highest BCUT2D eigenvalue weighted by Gasteiger charge is 2.68. The third kappa shape index (κ3) is 3.54. The molecule has 5 heteroatoms. The second-order valence-electron chi connectivity index (χ2n) is 10.3. The molecule has 1 N–H and O–H groups in total. The molecule has 1 aromatic rings. The molecule has 30 heavy (non-hydrogen) atoms. The number of fused-ring (bicyclic) bond motifs is 1. The number of hydrogen-bond donors (Lipinski definition) is 1. The van der Waals surface area contributed by atoms with Crippen LogP contribution in [0.25, 0.3) is 0 Å². The first-order valence-electron chi connectivity index (χ1n) is 11.4. The Balaban J connectivity index is 1.60. The van der Waals surface area contributed by atoms with Crippen molar-refractivity contribution in [3.8, 4) is 5.75 Å². The van der Waals surface area contributed by atoms with Crippen molar-refractivity contribution in [3.05, 3.63) is 29.8 Å². The summed E-state index contributed by atoms with van der Waals surface area (Å²) in [4.78, 5) is 12.7. The fraction of sp³-hybridized carbons (Fsp3) is 0.720. The first kappa shape index (κ1) is 21.6. The van der Waals surface area contributed by atoms with Gasteiger partial charge in [-0.15, -0.1) is 0 Å². The predicted octanol–water partition coefficient (Wildman–Crippen LogP) is 4.37. The summed E-state index contributed by atoms with van der Waals surface area (Å²) in [5, 5.41) is 3.47. The second kappa shape index (κ2) is 8.16. The van der Waals surface area contributed by atoms with Crippen LogP contribution in [-0.4, -0.2) is 38.9 Å². The predicted molar refractivity (Wildman–Crippen MR) is 116 cm³/mol. The molecule has 5 nitrogen and oxygen atoms in total. The Labute approximate surface area is 180 Å². The molecule has 0 unspecified atom stereocenters. The van der Waals surface area contributed by atoms with E-state index in [1.807, 2.05) is 19.9 Å². The lowest BCUT2D eigenvalue weighted by molar-refractivity contribution is -0.139. The molecule has 3 aliphatic rings. The summed E-state index contributed by atoms with van der Waals surface area (Å²) in [6.07, 6.45) is 3.45. The van der Waals surface area contributed by atoms with E-state index in [-0.39, 0.29) is 34.8 Å². The molecule has 5 atom stereocenters. The van der Waals surface area contributed by atoms with Crippen molar-refractivity contribution >= 4 is 5.91 Å². The van der Waals surface area contributed by atoms with Gasteiger partial charge < -0.3 is 19.5 Å². The summed E-state index contributed by atoms with van der Waals surface area (Å²) in [5.41, 5.74) is 1.43. The number of ether oxygens (including phenoxy) is 3. The number of rotatable bonds is 7. The SMILES string of the molecule is COCCOc1cccc([C@H]2OCC[C@@]34C[C@@H](C[C@H]23)C(C)(C)[C@H]4NC(=O)C(C)C)c1. The molecule has 2 bridgehead atoms. The molecule has 3 fully saturated rings.